The summed E-state index contributed by atoms with van der Waals surface area (Å²) in [6, 6.07) is 17.2. The molecule has 0 N–H and O–H groups in total. The number of esters is 4. The molecule has 0 saturated heterocycles. The standard InChI is InChI=1S/C23H24O7.C16H18O7/c1-4-21(24)27-13-5-6-14-28-23(26)30-19-11-8-18(9-12-19)22(25)29-20-10-7-16(2)17(3)15-20;1-3-14(17)21-10-4-5-11-22-16(19)23-13-8-6-12(7-9-13)15(18)20-2/h4,7-12,15H,1,5-6,13-14H2,2-3H3;3,6-9H,1,4-5,10-11H2,2H3. The molecular weight excluding hydrogens is 692 g/mol. The summed E-state index contributed by atoms with van der Waals surface area (Å²) >= 11 is 0. The quantitative estimate of drug-likeness (QED) is 0.0344. The molecule has 14 heteroatoms. The van der Waals surface area contributed by atoms with Gasteiger partial charge in [0.2, 0.25) is 0 Å². The maximum atomic E-state index is 12.2. The van der Waals surface area contributed by atoms with Gasteiger partial charge in [0.1, 0.15) is 17.2 Å². The maximum absolute atomic E-state index is 12.2. The van der Waals surface area contributed by atoms with Crippen molar-refractivity contribution in [3.05, 3.63) is 114 Å². The van der Waals surface area contributed by atoms with Gasteiger partial charge in [0.25, 0.3) is 0 Å². The third kappa shape index (κ3) is 17.4. The van der Waals surface area contributed by atoms with Crippen molar-refractivity contribution in [3.63, 3.8) is 0 Å². The van der Waals surface area contributed by atoms with Crippen LogP contribution in [0.15, 0.2) is 92.0 Å². The number of carbonyl (C=O) groups excluding carboxylic acids is 6. The number of aryl methyl sites for hydroxylation is 2. The number of hydrogen-bond donors (Lipinski definition) is 0. The molecule has 14 nitrogen and oxygen atoms in total. The van der Waals surface area contributed by atoms with Gasteiger partial charge >= 0.3 is 36.2 Å². The molecule has 0 aliphatic carbocycles. The second-order valence-corrected chi connectivity index (χ2v) is 10.7. The van der Waals surface area contributed by atoms with Gasteiger partial charge in [0.15, 0.2) is 0 Å². The zero-order valence-corrected chi connectivity index (χ0v) is 29.8. The molecule has 0 atom stereocenters. The van der Waals surface area contributed by atoms with Gasteiger partial charge in [0, 0.05) is 12.2 Å². The minimum atomic E-state index is -0.858. The van der Waals surface area contributed by atoms with E-state index < -0.39 is 36.2 Å². The molecule has 0 aromatic heterocycles. The van der Waals surface area contributed by atoms with Crippen LogP contribution >= 0.6 is 0 Å². The first-order chi connectivity index (χ1) is 25.4. The summed E-state index contributed by atoms with van der Waals surface area (Å²) in [7, 11) is 1.28. The smallest absolute Gasteiger partial charge is 0.465 e. The van der Waals surface area contributed by atoms with Gasteiger partial charge < -0.3 is 37.9 Å². The Morgan fingerprint density at radius 3 is 1.30 bits per heavy atom. The van der Waals surface area contributed by atoms with Crippen molar-refractivity contribution in [3.8, 4) is 17.2 Å². The Balaban J connectivity index is 0.000000381. The Morgan fingerprint density at radius 1 is 0.509 bits per heavy atom. The van der Waals surface area contributed by atoms with Crippen molar-refractivity contribution in [2.45, 2.75) is 39.5 Å². The predicted molar refractivity (Wildman–Crippen MR) is 190 cm³/mol. The summed E-state index contributed by atoms with van der Waals surface area (Å²) in [6.45, 7) is 11.2. The average molecular weight is 735 g/mol. The first kappa shape index (κ1) is 42.7. The van der Waals surface area contributed by atoms with Crippen molar-refractivity contribution < 1.29 is 66.7 Å². The normalized spacial score (nSPS) is 9.87. The van der Waals surface area contributed by atoms with Gasteiger partial charge in [-0.3, -0.25) is 0 Å². The second kappa shape index (κ2) is 23.9. The first-order valence-electron chi connectivity index (χ1n) is 16.3. The Morgan fingerprint density at radius 2 is 0.906 bits per heavy atom. The summed E-state index contributed by atoms with van der Waals surface area (Å²) in [5.74, 6) is -1.00. The lowest BCUT2D eigenvalue weighted by Gasteiger charge is -2.08. The lowest BCUT2D eigenvalue weighted by atomic mass is 10.1. The number of ether oxygens (including phenoxy) is 8. The van der Waals surface area contributed by atoms with Gasteiger partial charge in [0.05, 0.1) is 44.7 Å². The molecule has 0 aliphatic heterocycles. The molecule has 0 aliphatic rings. The highest BCUT2D eigenvalue weighted by Gasteiger charge is 2.12. The van der Waals surface area contributed by atoms with E-state index in [9.17, 15) is 28.8 Å². The molecule has 0 amide bonds. The summed E-state index contributed by atoms with van der Waals surface area (Å²) in [5, 5.41) is 0. The van der Waals surface area contributed by atoms with Crippen LogP contribution in [-0.2, 0) is 33.3 Å². The lowest BCUT2D eigenvalue weighted by molar-refractivity contribution is -0.138. The number of methoxy groups -OCH3 is 1. The van der Waals surface area contributed by atoms with E-state index in [1.165, 1.54) is 55.6 Å². The van der Waals surface area contributed by atoms with Gasteiger partial charge in [-0.05, 0) is 111 Å². The largest absolute Gasteiger partial charge is 0.513 e. The average Bonchev–Trinajstić information content (AvgIpc) is 3.16. The monoisotopic (exact) mass is 734 g/mol. The molecule has 0 heterocycles. The molecule has 3 aromatic rings. The van der Waals surface area contributed by atoms with E-state index in [0.717, 1.165) is 23.3 Å². The van der Waals surface area contributed by atoms with Crippen LogP contribution in [-0.4, -0.2) is 69.7 Å². The van der Waals surface area contributed by atoms with E-state index >= 15 is 0 Å². The number of hydrogen-bond acceptors (Lipinski definition) is 14. The van der Waals surface area contributed by atoms with Crippen molar-refractivity contribution in [1.82, 2.24) is 0 Å². The SMILES string of the molecule is C=CC(=O)OCCCCOC(=O)Oc1ccc(C(=O)OC)cc1.C=CC(=O)OCCCCOC(=O)Oc1ccc(C(=O)Oc2ccc(C)c(C)c2)cc1. The summed E-state index contributed by atoms with van der Waals surface area (Å²) < 4.78 is 39.3. The molecule has 3 aromatic carbocycles. The van der Waals surface area contributed by atoms with E-state index in [-0.39, 0.29) is 37.9 Å². The molecule has 0 fully saturated rings. The number of rotatable bonds is 17. The topological polar surface area (TPSA) is 176 Å². The third-order valence-corrected chi connectivity index (χ3v) is 6.80. The van der Waals surface area contributed by atoms with Gasteiger partial charge in [-0.2, -0.15) is 0 Å². The fraction of sp³-hybridized carbons (Fsp3) is 0.282. The van der Waals surface area contributed by atoms with Crippen molar-refractivity contribution in [2.75, 3.05) is 33.5 Å². The number of unbranched alkanes of at least 4 members (excludes halogenated alkanes) is 2. The predicted octanol–water partition coefficient (Wildman–Crippen LogP) is 7.05. The fourth-order valence-corrected chi connectivity index (χ4v) is 3.81. The van der Waals surface area contributed by atoms with Crippen molar-refractivity contribution >= 4 is 36.2 Å². The van der Waals surface area contributed by atoms with Crippen LogP contribution in [0.2, 0.25) is 0 Å². The summed E-state index contributed by atoms with van der Waals surface area (Å²) in [4.78, 5) is 68.2. The first-order valence-corrected chi connectivity index (χ1v) is 16.3. The Labute approximate surface area is 307 Å². The Bertz CT molecular complexity index is 1690. The number of benzene rings is 3. The van der Waals surface area contributed by atoms with E-state index in [1.54, 1.807) is 12.1 Å². The minimum Gasteiger partial charge on any atom is -0.465 e. The van der Waals surface area contributed by atoms with Gasteiger partial charge in [-0.25, -0.2) is 28.8 Å². The van der Waals surface area contributed by atoms with E-state index in [0.29, 0.717) is 42.6 Å². The molecule has 0 radical (unpaired) electrons. The fourth-order valence-electron chi connectivity index (χ4n) is 3.81. The van der Waals surface area contributed by atoms with Crippen LogP contribution in [0.25, 0.3) is 0 Å². The van der Waals surface area contributed by atoms with Crippen molar-refractivity contribution in [2.24, 2.45) is 0 Å². The molecule has 53 heavy (non-hydrogen) atoms. The maximum Gasteiger partial charge on any atom is 0.513 e. The molecule has 0 unspecified atom stereocenters. The highest BCUT2D eigenvalue weighted by molar-refractivity contribution is 5.91. The van der Waals surface area contributed by atoms with Crippen LogP contribution in [0.4, 0.5) is 9.59 Å². The van der Waals surface area contributed by atoms with Gasteiger partial charge in [-0.15, -0.1) is 0 Å². The Hall–Kier alpha value is -6.44. The molecule has 0 spiro atoms. The molecule has 282 valence electrons. The molecule has 3 rings (SSSR count). The highest BCUT2D eigenvalue weighted by atomic mass is 16.7. The molecule has 0 bridgehead atoms. The van der Waals surface area contributed by atoms with Crippen LogP contribution in [0.5, 0.6) is 17.2 Å². The highest BCUT2D eigenvalue weighted by Crippen LogP contribution is 2.19. The second-order valence-electron chi connectivity index (χ2n) is 10.7. The Kier molecular flexibility index (Phi) is 19.2. The zero-order valence-electron chi connectivity index (χ0n) is 29.8. The summed E-state index contributed by atoms with van der Waals surface area (Å²) in [6.07, 6.45) is 2.61. The minimum absolute atomic E-state index is 0.130. The third-order valence-electron chi connectivity index (χ3n) is 6.80. The van der Waals surface area contributed by atoms with Crippen LogP contribution < -0.4 is 14.2 Å². The molecular formula is C39H42O14. The van der Waals surface area contributed by atoms with E-state index in [1.807, 2.05) is 19.9 Å². The lowest BCUT2D eigenvalue weighted by Crippen LogP contribution is -2.12. The van der Waals surface area contributed by atoms with Crippen LogP contribution in [0, 0.1) is 13.8 Å². The van der Waals surface area contributed by atoms with E-state index in [4.69, 9.17) is 33.2 Å². The van der Waals surface area contributed by atoms with Crippen LogP contribution in [0.3, 0.4) is 0 Å². The van der Waals surface area contributed by atoms with E-state index in [2.05, 4.69) is 17.9 Å². The zero-order chi connectivity index (χ0) is 39.0. The van der Waals surface area contributed by atoms with Gasteiger partial charge in [-0.1, -0.05) is 19.2 Å². The number of carbonyl (C=O) groups is 6. The summed E-state index contributed by atoms with van der Waals surface area (Å²) in [5.41, 5.74) is 2.81. The van der Waals surface area contributed by atoms with Crippen LogP contribution in [0.1, 0.15) is 57.5 Å². The molecule has 0 saturated carbocycles. The van der Waals surface area contributed by atoms with Crippen molar-refractivity contribution in [1.29, 1.82) is 0 Å².